The van der Waals surface area contributed by atoms with E-state index in [0.29, 0.717) is 17.3 Å². The van der Waals surface area contributed by atoms with E-state index in [9.17, 15) is 4.79 Å². The Kier molecular flexibility index (Phi) is 4.68. The summed E-state index contributed by atoms with van der Waals surface area (Å²) in [5, 5.41) is 4.80. The lowest BCUT2D eigenvalue weighted by atomic mass is 10.1. The van der Waals surface area contributed by atoms with Crippen LogP contribution >= 0.6 is 0 Å². The zero-order valence-corrected chi connectivity index (χ0v) is 16.3. The molecule has 1 fully saturated rings. The van der Waals surface area contributed by atoms with Crippen molar-refractivity contribution < 1.29 is 0 Å². The van der Waals surface area contributed by atoms with Gasteiger partial charge >= 0.3 is 0 Å². The molecule has 0 bridgehead atoms. The zero-order chi connectivity index (χ0) is 19.0. The molecule has 0 N–H and O–H groups in total. The Morgan fingerprint density at radius 3 is 2.52 bits per heavy atom. The molecule has 27 heavy (non-hydrogen) atoms. The van der Waals surface area contributed by atoms with Crippen LogP contribution in [0.25, 0.3) is 17.1 Å². The fourth-order valence-electron chi connectivity index (χ4n) is 3.76. The highest BCUT2D eigenvalue weighted by molar-refractivity contribution is 5.62. The quantitative estimate of drug-likeness (QED) is 0.658. The van der Waals surface area contributed by atoms with E-state index < -0.39 is 0 Å². The van der Waals surface area contributed by atoms with Gasteiger partial charge in [-0.1, -0.05) is 31.5 Å². The van der Waals surface area contributed by atoms with Gasteiger partial charge in [-0.3, -0.25) is 4.79 Å². The standard InChI is InChI=1S/C22H26N4O/c1-4-9-18-20(19(27)14-15(3)25(18)5-2)22-23-21(16-12-13-16)24-26(22)17-10-7-6-8-11-17/h6-8,10-11,14,16H,4-5,9,12-13H2,1-3H3. The number of nitrogens with zero attached hydrogens (tertiary/aromatic N) is 4. The monoisotopic (exact) mass is 362 g/mol. The van der Waals surface area contributed by atoms with Gasteiger partial charge in [0.15, 0.2) is 17.1 Å². The minimum Gasteiger partial charge on any atom is -0.348 e. The first-order valence-electron chi connectivity index (χ1n) is 9.90. The molecule has 1 aliphatic carbocycles. The SMILES string of the molecule is CCCc1c(-c2nc(C3CC3)nn2-c2ccccc2)c(=O)cc(C)n1CC. The average Bonchev–Trinajstić information content (AvgIpc) is 3.43. The van der Waals surface area contributed by atoms with Crippen molar-refractivity contribution in [2.75, 3.05) is 0 Å². The number of hydrogen-bond donors (Lipinski definition) is 0. The van der Waals surface area contributed by atoms with Gasteiger partial charge in [-0.05, 0) is 45.2 Å². The van der Waals surface area contributed by atoms with E-state index in [1.54, 1.807) is 6.07 Å². The maximum Gasteiger partial charge on any atom is 0.193 e. The highest BCUT2D eigenvalue weighted by atomic mass is 16.1. The summed E-state index contributed by atoms with van der Waals surface area (Å²) in [7, 11) is 0. The highest BCUT2D eigenvalue weighted by Crippen LogP contribution is 2.39. The molecular formula is C22H26N4O. The molecule has 4 rings (SSSR count). The number of benzene rings is 1. The predicted molar refractivity (Wildman–Crippen MR) is 107 cm³/mol. The van der Waals surface area contributed by atoms with Gasteiger partial charge < -0.3 is 4.57 Å². The van der Waals surface area contributed by atoms with Gasteiger partial charge in [-0.2, -0.15) is 5.10 Å². The van der Waals surface area contributed by atoms with Crippen molar-refractivity contribution in [1.29, 1.82) is 0 Å². The second-order valence-electron chi connectivity index (χ2n) is 7.28. The maximum absolute atomic E-state index is 13.1. The Labute approximate surface area is 159 Å². The number of aryl methyl sites for hydroxylation is 1. The first kappa shape index (κ1) is 17.7. The van der Waals surface area contributed by atoms with Crippen LogP contribution in [0.2, 0.25) is 0 Å². The molecule has 5 heteroatoms. The van der Waals surface area contributed by atoms with Gasteiger partial charge in [-0.25, -0.2) is 9.67 Å². The normalized spacial score (nSPS) is 13.9. The van der Waals surface area contributed by atoms with Gasteiger partial charge in [0.25, 0.3) is 0 Å². The third-order valence-corrected chi connectivity index (χ3v) is 5.22. The third-order valence-electron chi connectivity index (χ3n) is 5.22. The Morgan fingerprint density at radius 2 is 1.89 bits per heavy atom. The molecule has 1 aliphatic rings. The molecule has 0 unspecified atom stereocenters. The van der Waals surface area contributed by atoms with Crippen LogP contribution in [-0.4, -0.2) is 19.3 Å². The van der Waals surface area contributed by atoms with Gasteiger partial charge in [0.2, 0.25) is 0 Å². The van der Waals surface area contributed by atoms with Crippen LogP contribution in [0.5, 0.6) is 0 Å². The number of rotatable bonds is 6. The Morgan fingerprint density at radius 1 is 1.15 bits per heavy atom. The topological polar surface area (TPSA) is 52.7 Å². The van der Waals surface area contributed by atoms with Crippen LogP contribution in [0.15, 0.2) is 41.2 Å². The first-order chi connectivity index (χ1) is 13.1. The largest absolute Gasteiger partial charge is 0.348 e. The molecule has 0 aliphatic heterocycles. The molecule has 5 nitrogen and oxygen atoms in total. The van der Waals surface area contributed by atoms with Crippen LogP contribution in [0, 0.1) is 6.92 Å². The van der Waals surface area contributed by atoms with Crippen molar-refractivity contribution in [2.24, 2.45) is 0 Å². The lowest BCUT2D eigenvalue weighted by Crippen LogP contribution is -2.20. The van der Waals surface area contributed by atoms with Crippen LogP contribution < -0.4 is 5.43 Å². The summed E-state index contributed by atoms with van der Waals surface area (Å²) in [6.07, 6.45) is 4.09. The summed E-state index contributed by atoms with van der Waals surface area (Å²) in [5.41, 5.74) is 3.75. The number of aromatic nitrogens is 4. The molecule has 0 radical (unpaired) electrons. The van der Waals surface area contributed by atoms with E-state index in [0.717, 1.165) is 55.1 Å². The Hall–Kier alpha value is -2.69. The summed E-state index contributed by atoms with van der Waals surface area (Å²) in [6, 6.07) is 11.7. The summed E-state index contributed by atoms with van der Waals surface area (Å²) in [6.45, 7) is 7.11. The molecule has 0 saturated heterocycles. The second-order valence-corrected chi connectivity index (χ2v) is 7.28. The smallest absolute Gasteiger partial charge is 0.193 e. The first-order valence-corrected chi connectivity index (χ1v) is 9.90. The summed E-state index contributed by atoms with van der Waals surface area (Å²) in [4.78, 5) is 18.0. The van der Waals surface area contributed by atoms with Gasteiger partial charge in [0.05, 0.1) is 11.3 Å². The summed E-state index contributed by atoms with van der Waals surface area (Å²) < 4.78 is 4.10. The van der Waals surface area contributed by atoms with Crippen molar-refractivity contribution in [3.63, 3.8) is 0 Å². The summed E-state index contributed by atoms with van der Waals surface area (Å²) >= 11 is 0. The molecule has 1 aromatic carbocycles. The summed E-state index contributed by atoms with van der Waals surface area (Å²) in [5.74, 6) is 1.97. The van der Waals surface area contributed by atoms with Crippen LogP contribution in [0.1, 0.15) is 56.2 Å². The third kappa shape index (κ3) is 3.22. The second kappa shape index (κ2) is 7.14. The Bertz CT molecular complexity index is 1010. The van der Waals surface area contributed by atoms with Gasteiger partial charge in [0.1, 0.15) is 0 Å². The predicted octanol–water partition coefficient (Wildman–Crippen LogP) is 4.25. The molecule has 0 atom stereocenters. The molecule has 3 aromatic rings. The van der Waals surface area contributed by atoms with E-state index in [4.69, 9.17) is 10.1 Å². The average molecular weight is 362 g/mol. The maximum atomic E-state index is 13.1. The molecule has 140 valence electrons. The highest BCUT2D eigenvalue weighted by Gasteiger charge is 2.31. The molecule has 0 spiro atoms. The van der Waals surface area contributed by atoms with Crippen molar-refractivity contribution >= 4 is 0 Å². The molecule has 1 saturated carbocycles. The zero-order valence-electron chi connectivity index (χ0n) is 16.3. The van der Waals surface area contributed by atoms with Crippen molar-refractivity contribution in [3.8, 4) is 17.1 Å². The van der Waals surface area contributed by atoms with Gasteiger partial charge in [-0.15, -0.1) is 0 Å². The minimum absolute atomic E-state index is 0.0348. The fourth-order valence-corrected chi connectivity index (χ4v) is 3.76. The molecule has 0 amide bonds. The van der Waals surface area contributed by atoms with Crippen LogP contribution in [-0.2, 0) is 13.0 Å². The van der Waals surface area contributed by atoms with Crippen LogP contribution in [0.3, 0.4) is 0 Å². The van der Waals surface area contributed by atoms with E-state index in [1.807, 2.05) is 41.9 Å². The fraction of sp³-hybridized carbons (Fsp3) is 0.409. The van der Waals surface area contributed by atoms with E-state index in [1.165, 1.54) is 0 Å². The number of para-hydroxylation sites is 1. The number of pyridine rings is 1. The van der Waals surface area contributed by atoms with Gasteiger partial charge in [0, 0.05) is 29.9 Å². The van der Waals surface area contributed by atoms with Crippen molar-refractivity contribution in [2.45, 2.75) is 58.9 Å². The molecule has 2 aromatic heterocycles. The minimum atomic E-state index is 0.0348. The lowest BCUT2D eigenvalue weighted by Gasteiger charge is -2.18. The number of hydrogen-bond acceptors (Lipinski definition) is 3. The van der Waals surface area contributed by atoms with Crippen LogP contribution in [0.4, 0.5) is 0 Å². The Balaban J connectivity index is 2.00. The van der Waals surface area contributed by atoms with E-state index in [-0.39, 0.29) is 5.43 Å². The van der Waals surface area contributed by atoms with Crippen molar-refractivity contribution in [1.82, 2.24) is 19.3 Å². The van der Waals surface area contributed by atoms with E-state index >= 15 is 0 Å². The molecule has 2 heterocycles. The van der Waals surface area contributed by atoms with E-state index in [2.05, 4.69) is 18.4 Å². The van der Waals surface area contributed by atoms with Crippen molar-refractivity contribution in [3.05, 3.63) is 63.8 Å². The lowest BCUT2D eigenvalue weighted by molar-refractivity contribution is 0.664. The molecular weight excluding hydrogens is 336 g/mol.